The van der Waals surface area contributed by atoms with E-state index in [9.17, 15) is 4.79 Å². The van der Waals surface area contributed by atoms with Crippen LogP contribution in [-0.2, 0) is 4.79 Å². The molecule has 21 heavy (non-hydrogen) atoms. The molecule has 4 nitrogen and oxygen atoms in total. The van der Waals surface area contributed by atoms with Gasteiger partial charge in [0, 0.05) is 5.69 Å². The van der Waals surface area contributed by atoms with E-state index in [1.165, 1.54) is 4.90 Å². The monoisotopic (exact) mass is 314 g/mol. The summed E-state index contributed by atoms with van der Waals surface area (Å²) in [7, 11) is 0. The molecule has 0 spiro atoms. The molecule has 0 saturated heterocycles. The minimum atomic E-state index is 0. The third-order valence-corrected chi connectivity index (χ3v) is 3.32. The second-order valence-electron chi connectivity index (χ2n) is 4.91. The summed E-state index contributed by atoms with van der Waals surface area (Å²) in [5.41, 5.74) is 0.824. The number of quaternary nitrogens is 1. The maximum atomic E-state index is 11.9. The third-order valence-electron chi connectivity index (χ3n) is 3.32. The van der Waals surface area contributed by atoms with Crippen LogP contribution in [0.3, 0.4) is 0 Å². The van der Waals surface area contributed by atoms with Gasteiger partial charge < -0.3 is 27.4 Å². The maximum absolute atomic E-state index is 11.9. The van der Waals surface area contributed by atoms with Gasteiger partial charge in [0.2, 0.25) is 0 Å². The molecule has 0 bridgehead atoms. The number of nitrogens with one attached hydrogen (secondary N) is 2. The van der Waals surface area contributed by atoms with E-state index >= 15 is 0 Å². The first kappa shape index (κ1) is 19.7. The number of carbonyl (C=O) groups excluding carboxylic acids is 1. The van der Waals surface area contributed by atoms with Crippen LogP contribution in [0.4, 0.5) is 5.69 Å². The molecular formula is C16H27ClN2O2. The predicted molar refractivity (Wildman–Crippen MR) is 82.4 cm³/mol. The van der Waals surface area contributed by atoms with Crippen LogP contribution in [0.2, 0.25) is 0 Å². The lowest BCUT2D eigenvalue weighted by Crippen LogP contribution is -3.12. The SMILES string of the molecule is CCCCOc1ccc(NC(=O)C[NH+](CC)CC)cc1.[Cl-]. The number of unbranched alkanes of at least 4 members (excludes halogenated alkanes) is 1. The fourth-order valence-corrected chi connectivity index (χ4v) is 1.90. The van der Waals surface area contributed by atoms with Crippen LogP contribution in [0.15, 0.2) is 24.3 Å². The molecule has 1 aromatic rings. The van der Waals surface area contributed by atoms with Gasteiger partial charge in [0.05, 0.1) is 19.7 Å². The number of rotatable bonds is 9. The number of hydrogen-bond donors (Lipinski definition) is 2. The first-order valence-electron chi connectivity index (χ1n) is 7.55. The van der Waals surface area contributed by atoms with Gasteiger partial charge in [-0.3, -0.25) is 4.79 Å². The number of ether oxygens (including phenoxy) is 1. The Morgan fingerprint density at radius 2 is 1.76 bits per heavy atom. The first-order chi connectivity index (χ1) is 9.69. The Hall–Kier alpha value is -1.26. The van der Waals surface area contributed by atoms with E-state index in [0.717, 1.165) is 44.0 Å². The van der Waals surface area contributed by atoms with Crippen LogP contribution >= 0.6 is 0 Å². The molecule has 0 unspecified atom stereocenters. The van der Waals surface area contributed by atoms with Gasteiger partial charge in [-0.05, 0) is 44.5 Å². The third kappa shape index (κ3) is 7.93. The number of carbonyl (C=O) groups is 1. The fraction of sp³-hybridized carbons (Fsp3) is 0.562. The number of anilines is 1. The van der Waals surface area contributed by atoms with Crippen LogP contribution in [-0.4, -0.2) is 32.1 Å². The van der Waals surface area contributed by atoms with Crippen LogP contribution in [0.5, 0.6) is 5.75 Å². The van der Waals surface area contributed by atoms with Crippen LogP contribution in [0.25, 0.3) is 0 Å². The Bertz CT molecular complexity index is 392. The number of hydrogen-bond acceptors (Lipinski definition) is 2. The van der Waals surface area contributed by atoms with Crippen molar-refractivity contribution in [2.45, 2.75) is 33.6 Å². The van der Waals surface area contributed by atoms with E-state index in [4.69, 9.17) is 4.74 Å². The summed E-state index contributed by atoms with van der Waals surface area (Å²) in [6, 6.07) is 7.57. The average molecular weight is 315 g/mol. The molecule has 0 aliphatic heterocycles. The normalized spacial score (nSPS) is 10.1. The molecule has 0 fully saturated rings. The molecule has 0 aliphatic rings. The summed E-state index contributed by atoms with van der Waals surface area (Å²) < 4.78 is 5.59. The summed E-state index contributed by atoms with van der Waals surface area (Å²) in [6.45, 7) is 9.51. The topological polar surface area (TPSA) is 42.8 Å². The Labute approximate surface area is 134 Å². The molecule has 0 aliphatic carbocycles. The van der Waals surface area contributed by atoms with Crippen LogP contribution < -0.4 is 27.4 Å². The summed E-state index contributed by atoms with van der Waals surface area (Å²) in [6.07, 6.45) is 2.19. The zero-order valence-electron chi connectivity index (χ0n) is 13.2. The summed E-state index contributed by atoms with van der Waals surface area (Å²) in [5, 5.41) is 2.92. The molecule has 0 radical (unpaired) electrons. The predicted octanol–water partition coefficient (Wildman–Crippen LogP) is -1.27. The maximum Gasteiger partial charge on any atom is 0.279 e. The van der Waals surface area contributed by atoms with Gasteiger partial charge in [0.1, 0.15) is 5.75 Å². The molecular weight excluding hydrogens is 288 g/mol. The molecule has 0 heterocycles. The second kappa shape index (κ2) is 11.4. The quantitative estimate of drug-likeness (QED) is 0.558. The highest BCUT2D eigenvalue weighted by Crippen LogP contribution is 2.15. The van der Waals surface area contributed by atoms with Crippen molar-refractivity contribution in [1.82, 2.24) is 0 Å². The fourth-order valence-electron chi connectivity index (χ4n) is 1.90. The number of benzene rings is 1. The van der Waals surface area contributed by atoms with Crippen molar-refractivity contribution >= 4 is 11.6 Å². The van der Waals surface area contributed by atoms with E-state index in [2.05, 4.69) is 26.1 Å². The molecule has 0 saturated carbocycles. The summed E-state index contributed by atoms with van der Waals surface area (Å²) in [5.74, 6) is 0.911. The van der Waals surface area contributed by atoms with Gasteiger partial charge in [-0.1, -0.05) is 13.3 Å². The minimum absolute atomic E-state index is 0. The van der Waals surface area contributed by atoms with Crippen molar-refractivity contribution in [1.29, 1.82) is 0 Å². The van der Waals surface area contributed by atoms with Gasteiger partial charge >= 0.3 is 0 Å². The largest absolute Gasteiger partial charge is 1.00 e. The van der Waals surface area contributed by atoms with Crippen molar-refractivity contribution in [3.05, 3.63) is 24.3 Å². The summed E-state index contributed by atoms with van der Waals surface area (Å²) >= 11 is 0. The zero-order chi connectivity index (χ0) is 14.8. The molecule has 1 rings (SSSR count). The second-order valence-corrected chi connectivity index (χ2v) is 4.91. The molecule has 5 heteroatoms. The van der Waals surface area contributed by atoms with Gasteiger partial charge in [-0.2, -0.15) is 0 Å². The van der Waals surface area contributed by atoms with E-state index in [1.54, 1.807) is 0 Å². The lowest BCUT2D eigenvalue weighted by molar-refractivity contribution is -0.888. The zero-order valence-corrected chi connectivity index (χ0v) is 14.0. The van der Waals surface area contributed by atoms with Gasteiger partial charge in [-0.15, -0.1) is 0 Å². The lowest BCUT2D eigenvalue weighted by Gasteiger charge is -2.15. The molecule has 0 aromatic heterocycles. The van der Waals surface area contributed by atoms with E-state index in [1.807, 2.05) is 24.3 Å². The molecule has 2 N–H and O–H groups in total. The van der Waals surface area contributed by atoms with Crippen LogP contribution in [0, 0.1) is 0 Å². The highest BCUT2D eigenvalue weighted by molar-refractivity contribution is 5.91. The molecule has 120 valence electrons. The van der Waals surface area contributed by atoms with Gasteiger partial charge in [0.25, 0.3) is 5.91 Å². The van der Waals surface area contributed by atoms with Crippen molar-refractivity contribution in [2.24, 2.45) is 0 Å². The van der Waals surface area contributed by atoms with Crippen molar-refractivity contribution < 1.29 is 26.8 Å². The standard InChI is InChI=1S/C16H26N2O2.ClH/c1-4-7-12-20-15-10-8-14(9-11-15)17-16(19)13-18(5-2)6-3;/h8-11H,4-7,12-13H2,1-3H3,(H,17,19);1H. The van der Waals surface area contributed by atoms with Crippen LogP contribution in [0.1, 0.15) is 33.6 Å². The number of amides is 1. The molecule has 1 amide bonds. The highest BCUT2D eigenvalue weighted by atomic mass is 35.5. The van der Waals surface area contributed by atoms with Crippen molar-refractivity contribution in [2.75, 3.05) is 31.6 Å². The van der Waals surface area contributed by atoms with E-state index < -0.39 is 0 Å². The van der Waals surface area contributed by atoms with E-state index in [-0.39, 0.29) is 18.3 Å². The Kier molecular flexibility index (Phi) is 10.7. The van der Waals surface area contributed by atoms with E-state index in [0.29, 0.717) is 6.54 Å². The number of likely N-dealkylation sites (N-methyl/N-ethyl adjacent to an activating group) is 1. The molecule has 1 aromatic carbocycles. The summed E-state index contributed by atoms with van der Waals surface area (Å²) in [4.78, 5) is 13.2. The lowest BCUT2D eigenvalue weighted by atomic mass is 10.3. The Morgan fingerprint density at radius 3 is 2.29 bits per heavy atom. The first-order valence-corrected chi connectivity index (χ1v) is 7.55. The van der Waals surface area contributed by atoms with Crippen molar-refractivity contribution in [3.8, 4) is 5.75 Å². The molecule has 0 atom stereocenters. The van der Waals surface area contributed by atoms with Gasteiger partial charge in [-0.25, -0.2) is 0 Å². The number of halogens is 1. The average Bonchev–Trinajstić information content (AvgIpc) is 2.47. The highest BCUT2D eigenvalue weighted by Gasteiger charge is 2.10. The Balaban J connectivity index is 0.00000400. The smallest absolute Gasteiger partial charge is 0.279 e. The van der Waals surface area contributed by atoms with Gasteiger partial charge in [0.15, 0.2) is 6.54 Å². The van der Waals surface area contributed by atoms with Crippen molar-refractivity contribution in [3.63, 3.8) is 0 Å². The minimum Gasteiger partial charge on any atom is -1.00 e. The Morgan fingerprint density at radius 1 is 1.14 bits per heavy atom.